The zero-order valence-corrected chi connectivity index (χ0v) is 19.9. The number of carbonyl (C=O) groups excluding carboxylic acids is 2. The monoisotopic (exact) mass is 473 g/mol. The fourth-order valence-electron chi connectivity index (χ4n) is 4.75. The molecule has 1 atom stereocenters. The van der Waals surface area contributed by atoms with Crippen LogP contribution in [0, 0.1) is 0 Å². The van der Waals surface area contributed by atoms with Crippen molar-refractivity contribution in [2.45, 2.75) is 38.0 Å². The quantitative estimate of drug-likeness (QED) is 0.517. The molecule has 0 bridgehead atoms. The molecule has 180 valence electrons. The maximum atomic E-state index is 12.7. The van der Waals surface area contributed by atoms with Crippen molar-refractivity contribution in [1.82, 2.24) is 5.32 Å². The summed E-state index contributed by atoms with van der Waals surface area (Å²) >= 11 is 0. The van der Waals surface area contributed by atoms with E-state index in [1.165, 1.54) is 7.11 Å². The van der Waals surface area contributed by atoms with E-state index in [0.717, 1.165) is 27.8 Å². The Morgan fingerprint density at radius 1 is 0.943 bits per heavy atom. The Morgan fingerprint density at radius 2 is 1.57 bits per heavy atom. The van der Waals surface area contributed by atoms with E-state index in [4.69, 9.17) is 18.9 Å². The summed E-state index contributed by atoms with van der Waals surface area (Å²) in [6.07, 6.45) is -0.461. The SMILES string of the molecule is COC(=O)[C@H](Cc1ccc2c(c1)OC(C)(C)O2)NC(=O)OCC1c2ccccc2-c2ccccc21. The van der Waals surface area contributed by atoms with Crippen molar-refractivity contribution >= 4 is 12.1 Å². The van der Waals surface area contributed by atoms with Crippen molar-refractivity contribution in [3.63, 3.8) is 0 Å². The lowest BCUT2D eigenvalue weighted by Gasteiger charge is -2.19. The molecule has 0 saturated carbocycles. The lowest BCUT2D eigenvalue weighted by atomic mass is 9.98. The highest BCUT2D eigenvalue weighted by atomic mass is 16.7. The van der Waals surface area contributed by atoms with Gasteiger partial charge in [-0.25, -0.2) is 9.59 Å². The zero-order chi connectivity index (χ0) is 24.6. The van der Waals surface area contributed by atoms with Crippen LogP contribution in [-0.2, 0) is 20.7 Å². The molecule has 0 radical (unpaired) electrons. The van der Waals surface area contributed by atoms with Crippen LogP contribution in [0.15, 0.2) is 66.7 Å². The van der Waals surface area contributed by atoms with E-state index >= 15 is 0 Å². The van der Waals surface area contributed by atoms with Gasteiger partial charge in [0.15, 0.2) is 11.5 Å². The molecule has 0 aromatic heterocycles. The number of benzene rings is 3. The molecule has 1 aliphatic heterocycles. The highest BCUT2D eigenvalue weighted by molar-refractivity contribution is 5.82. The molecule has 0 unspecified atom stereocenters. The molecule has 1 heterocycles. The van der Waals surface area contributed by atoms with Crippen molar-refractivity contribution in [2.24, 2.45) is 0 Å². The van der Waals surface area contributed by atoms with Gasteiger partial charge in [-0.3, -0.25) is 0 Å². The number of fused-ring (bicyclic) bond motifs is 4. The minimum absolute atomic E-state index is 0.0676. The lowest BCUT2D eigenvalue weighted by molar-refractivity contribution is -0.143. The molecule has 0 spiro atoms. The third-order valence-corrected chi connectivity index (χ3v) is 6.28. The standard InChI is InChI=1S/C28H27NO6/c1-28(2)34-24-13-12-17(15-25(24)35-28)14-23(26(30)32-3)29-27(31)33-16-22-20-10-6-4-8-18(20)19-9-5-7-11-21(19)22/h4-13,15,22-23H,14,16H2,1-3H3,(H,29,31)/t23-/m0/s1. The van der Waals surface area contributed by atoms with Crippen molar-refractivity contribution in [3.8, 4) is 22.6 Å². The predicted molar refractivity (Wildman–Crippen MR) is 129 cm³/mol. The zero-order valence-electron chi connectivity index (χ0n) is 19.9. The maximum Gasteiger partial charge on any atom is 0.407 e. The Kier molecular flexibility index (Phi) is 5.84. The number of hydrogen-bond donors (Lipinski definition) is 1. The first-order valence-corrected chi connectivity index (χ1v) is 11.5. The van der Waals surface area contributed by atoms with Crippen molar-refractivity contribution in [1.29, 1.82) is 0 Å². The molecule has 0 saturated heterocycles. The Hall–Kier alpha value is -4.00. The van der Waals surface area contributed by atoms with Gasteiger partial charge in [-0.2, -0.15) is 0 Å². The first-order valence-electron chi connectivity index (χ1n) is 11.5. The van der Waals surface area contributed by atoms with Crippen LogP contribution in [0.2, 0.25) is 0 Å². The summed E-state index contributed by atoms with van der Waals surface area (Å²) in [5, 5.41) is 2.66. The van der Waals surface area contributed by atoms with Gasteiger partial charge in [-0.05, 0) is 39.9 Å². The minimum Gasteiger partial charge on any atom is -0.467 e. The molecular formula is C28H27NO6. The van der Waals surface area contributed by atoms with Gasteiger partial charge in [-0.1, -0.05) is 54.6 Å². The van der Waals surface area contributed by atoms with Crippen LogP contribution in [0.4, 0.5) is 4.79 Å². The second-order valence-corrected chi connectivity index (χ2v) is 9.13. The van der Waals surface area contributed by atoms with Gasteiger partial charge in [0.2, 0.25) is 5.79 Å². The molecular weight excluding hydrogens is 446 g/mol. The van der Waals surface area contributed by atoms with Crippen molar-refractivity contribution in [3.05, 3.63) is 83.4 Å². The number of methoxy groups -OCH3 is 1. The molecule has 7 nitrogen and oxygen atoms in total. The molecule has 1 amide bonds. The van der Waals surface area contributed by atoms with E-state index in [0.29, 0.717) is 11.5 Å². The van der Waals surface area contributed by atoms with Crippen LogP contribution in [-0.4, -0.2) is 37.6 Å². The highest BCUT2D eigenvalue weighted by Crippen LogP contribution is 2.44. The Morgan fingerprint density at radius 3 is 2.23 bits per heavy atom. The average molecular weight is 474 g/mol. The maximum absolute atomic E-state index is 12.7. The number of amides is 1. The molecule has 3 aromatic rings. The molecule has 5 rings (SSSR count). The van der Waals surface area contributed by atoms with Crippen LogP contribution in [0.25, 0.3) is 11.1 Å². The number of nitrogens with one attached hydrogen (secondary N) is 1. The first kappa shape index (κ1) is 22.8. The van der Waals surface area contributed by atoms with E-state index in [1.807, 2.05) is 44.2 Å². The Bertz CT molecular complexity index is 1240. The van der Waals surface area contributed by atoms with Gasteiger partial charge in [0.1, 0.15) is 12.6 Å². The Labute approximate surface area is 204 Å². The fourth-order valence-corrected chi connectivity index (χ4v) is 4.75. The summed E-state index contributed by atoms with van der Waals surface area (Å²) in [5.41, 5.74) is 5.33. The highest BCUT2D eigenvalue weighted by Gasteiger charge is 2.33. The van der Waals surface area contributed by atoms with E-state index in [-0.39, 0.29) is 18.9 Å². The van der Waals surface area contributed by atoms with Crippen LogP contribution in [0.3, 0.4) is 0 Å². The molecule has 0 fully saturated rings. The molecule has 2 aliphatic rings. The van der Waals surface area contributed by atoms with Gasteiger partial charge < -0.3 is 24.3 Å². The van der Waals surface area contributed by atoms with Crippen molar-refractivity contribution in [2.75, 3.05) is 13.7 Å². The van der Waals surface area contributed by atoms with E-state index < -0.39 is 23.9 Å². The second kappa shape index (κ2) is 8.98. The summed E-state index contributed by atoms with van der Waals surface area (Å²) in [5.74, 6) is -0.143. The van der Waals surface area contributed by atoms with Gasteiger partial charge >= 0.3 is 12.1 Å². The predicted octanol–water partition coefficient (Wildman–Crippen LogP) is 4.82. The number of esters is 1. The third kappa shape index (κ3) is 4.54. The van der Waals surface area contributed by atoms with Gasteiger partial charge in [0.25, 0.3) is 0 Å². The molecule has 7 heteroatoms. The van der Waals surface area contributed by atoms with E-state index in [9.17, 15) is 9.59 Å². The minimum atomic E-state index is -0.913. The Balaban J connectivity index is 1.26. The molecule has 1 N–H and O–H groups in total. The van der Waals surface area contributed by atoms with Gasteiger partial charge in [-0.15, -0.1) is 0 Å². The van der Waals surface area contributed by atoms with Crippen LogP contribution in [0.1, 0.15) is 36.5 Å². The number of rotatable bonds is 6. The van der Waals surface area contributed by atoms with Crippen molar-refractivity contribution < 1.29 is 28.5 Å². The number of hydrogen-bond acceptors (Lipinski definition) is 6. The lowest BCUT2D eigenvalue weighted by Crippen LogP contribution is -2.43. The number of alkyl carbamates (subject to hydrolysis) is 1. The normalized spacial score (nSPS) is 15.6. The largest absolute Gasteiger partial charge is 0.467 e. The summed E-state index contributed by atoms with van der Waals surface area (Å²) in [7, 11) is 1.29. The fraction of sp³-hybridized carbons (Fsp3) is 0.286. The van der Waals surface area contributed by atoms with E-state index in [2.05, 4.69) is 29.6 Å². The summed E-state index contributed by atoms with van der Waals surface area (Å²) in [6.45, 7) is 3.80. The van der Waals surface area contributed by atoms with Gasteiger partial charge in [0, 0.05) is 26.2 Å². The summed E-state index contributed by atoms with van der Waals surface area (Å²) in [6, 6.07) is 20.8. The van der Waals surface area contributed by atoms with Crippen LogP contribution in [0.5, 0.6) is 11.5 Å². The third-order valence-electron chi connectivity index (χ3n) is 6.28. The first-order chi connectivity index (χ1) is 16.8. The smallest absolute Gasteiger partial charge is 0.407 e. The summed E-state index contributed by atoms with van der Waals surface area (Å²) in [4.78, 5) is 25.2. The molecule has 3 aromatic carbocycles. The second-order valence-electron chi connectivity index (χ2n) is 9.13. The molecule has 35 heavy (non-hydrogen) atoms. The number of carbonyl (C=O) groups is 2. The van der Waals surface area contributed by atoms with Gasteiger partial charge in [0.05, 0.1) is 7.11 Å². The number of ether oxygens (including phenoxy) is 4. The van der Waals surface area contributed by atoms with E-state index in [1.54, 1.807) is 12.1 Å². The topological polar surface area (TPSA) is 83.1 Å². The average Bonchev–Trinajstić information content (AvgIpc) is 3.34. The summed E-state index contributed by atoms with van der Waals surface area (Å²) < 4.78 is 22.0. The van der Waals surface area contributed by atoms with Crippen LogP contribution < -0.4 is 14.8 Å². The van der Waals surface area contributed by atoms with Crippen LogP contribution >= 0.6 is 0 Å². The molecule has 1 aliphatic carbocycles.